The van der Waals surface area contributed by atoms with E-state index in [0.29, 0.717) is 5.25 Å². The van der Waals surface area contributed by atoms with Crippen molar-refractivity contribution in [1.82, 2.24) is 9.88 Å². The lowest BCUT2D eigenvalue weighted by molar-refractivity contribution is 0.242. The molecule has 4 rings (SSSR count). The number of thioether (sulfide) groups is 1. The maximum absolute atomic E-state index is 5.79. The summed E-state index contributed by atoms with van der Waals surface area (Å²) in [6.45, 7) is 7.38. The average molecular weight is 353 g/mol. The normalized spacial score (nSPS) is 25.2. The number of benzene rings is 1. The van der Waals surface area contributed by atoms with Gasteiger partial charge in [-0.2, -0.15) is 0 Å². The van der Waals surface area contributed by atoms with E-state index < -0.39 is 0 Å². The molecule has 3 heterocycles. The first-order chi connectivity index (χ1) is 12.1. The number of amidine groups is 1. The molecule has 0 saturated carbocycles. The van der Waals surface area contributed by atoms with Gasteiger partial charge in [0, 0.05) is 18.0 Å². The Balaban J connectivity index is 1.67. The molecule has 4 nitrogen and oxygen atoms in total. The van der Waals surface area contributed by atoms with Crippen LogP contribution >= 0.6 is 11.8 Å². The third-order valence-electron chi connectivity index (χ3n) is 4.47. The highest BCUT2D eigenvalue weighted by Gasteiger charge is 2.43. The van der Waals surface area contributed by atoms with Crippen LogP contribution in [0.5, 0.6) is 5.75 Å². The van der Waals surface area contributed by atoms with Crippen molar-refractivity contribution in [1.29, 1.82) is 0 Å². The Morgan fingerprint density at radius 2 is 1.96 bits per heavy atom. The van der Waals surface area contributed by atoms with E-state index in [0.717, 1.165) is 23.2 Å². The quantitative estimate of drug-likeness (QED) is 0.813. The van der Waals surface area contributed by atoms with Gasteiger partial charge in [-0.05, 0) is 43.7 Å². The van der Waals surface area contributed by atoms with Gasteiger partial charge in [-0.1, -0.05) is 36.9 Å². The zero-order valence-electron chi connectivity index (χ0n) is 14.8. The Morgan fingerprint density at radius 3 is 2.64 bits per heavy atom. The second kappa shape index (κ2) is 6.71. The molecule has 2 aromatic rings. The Morgan fingerprint density at radius 1 is 1.16 bits per heavy atom. The molecule has 0 bridgehead atoms. The Hall–Kier alpha value is -2.01. The molecule has 0 amide bonds. The molecule has 25 heavy (non-hydrogen) atoms. The van der Waals surface area contributed by atoms with Gasteiger partial charge in [-0.3, -0.25) is 9.98 Å². The van der Waals surface area contributed by atoms with Crippen LogP contribution in [0.2, 0.25) is 0 Å². The van der Waals surface area contributed by atoms with Crippen molar-refractivity contribution in [3.05, 3.63) is 59.9 Å². The molecule has 3 atom stereocenters. The first-order valence-electron chi connectivity index (χ1n) is 8.80. The monoisotopic (exact) mass is 353 g/mol. The predicted octanol–water partition coefficient (Wildman–Crippen LogP) is 4.46. The lowest BCUT2D eigenvalue weighted by atomic mass is 9.96. The van der Waals surface area contributed by atoms with Crippen LogP contribution in [0.4, 0.5) is 0 Å². The van der Waals surface area contributed by atoms with E-state index in [-0.39, 0.29) is 18.2 Å². The summed E-state index contributed by atoms with van der Waals surface area (Å²) in [5, 5.41) is 1.73. The smallest absolute Gasteiger partial charge is 0.160 e. The van der Waals surface area contributed by atoms with E-state index in [4.69, 9.17) is 9.73 Å². The summed E-state index contributed by atoms with van der Waals surface area (Å²) < 4.78 is 5.79. The first kappa shape index (κ1) is 16.5. The number of hydrogen-bond acceptors (Lipinski definition) is 5. The highest BCUT2D eigenvalue weighted by molar-refractivity contribution is 8.14. The Labute approximate surface area is 153 Å². The van der Waals surface area contributed by atoms with E-state index in [1.54, 1.807) is 0 Å². The summed E-state index contributed by atoms with van der Waals surface area (Å²) in [5.74, 6) is 0.913. The van der Waals surface area contributed by atoms with Crippen molar-refractivity contribution in [2.45, 2.75) is 44.2 Å². The number of aliphatic imine (C=N–C) groups is 1. The van der Waals surface area contributed by atoms with Gasteiger partial charge in [0.05, 0.1) is 17.8 Å². The first-order valence-corrected chi connectivity index (χ1v) is 9.68. The van der Waals surface area contributed by atoms with Crippen LogP contribution in [-0.4, -0.2) is 33.0 Å². The zero-order valence-corrected chi connectivity index (χ0v) is 15.6. The van der Waals surface area contributed by atoms with Crippen LogP contribution < -0.4 is 4.74 Å². The maximum Gasteiger partial charge on any atom is 0.160 e. The second-order valence-corrected chi connectivity index (χ2v) is 8.28. The SMILES string of the molecule is CC(C)Oc1ccc([C@@H]2[C@@H](c3ccccn3)N=C3S[C@@H](C)CN32)cc1. The number of hydrogen-bond donors (Lipinski definition) is 0. The lowest BCUT2D eigenvalue weighted by Gasteiger charge is -2.27. The number of fused-ring (bicyclic) bond motifs is 1. The molecule has 2 aliphatic rings. The van der Waals surface area contributed by atoms with Crippen LogP contribution in [-0.2, 0) is 0 Å². The van der Waals surface area contributed by atoms with Gasteiger partial charge in [0.1, 0.15) is 11.8 Å². The highest BCUT2D eigenvalue weighted by Crippen LogP contribution is 2.47. The Kier molecular flexibility index (Phi) is 4.42. The standard InChI is InChI=1S/C20H23N3OS/c1-13(2)24-16-9-7-15(8-10-16)19-18(17-6-4-5-11-21-17)22-20-23(19)12-14(3)25-20/h4-11,13-14,18-19H,12H2,1-3H3/t14-,18+,19+/m0/s1. The minimum absolute atomic E-state index is 0.0491. The molecule has 1 aromatic heterocycles. The van der Waals surface area contributed by atoms with E-state index in [1.807, 2.05) is 43.9 Å². The maximum atomic E-state index is 5.79. The molecule has 1 fully saturated rings. The largest absolute Gasteiger partial charge is 0.491 e. The second-order valence-electron chi connectivity index (χ2n) is 6.87. The summed E-state index contributed by atoms with van der Waals surface area (Å²) >= 11 is 1.87. The molecule has 0 aliphatic carbocycles. The lowest BCUT2D eigenvalue weighted by Crippen LogP contribution is -2.28. The number of nitrogens with zero attached hydrogens (tertiary/aromatic N) is 3. The molecule has 130 valence electrons. The molecule has 1 aromatic carbocycles. The zero-order chi connectivity index (χ0) is 17.4. The number of aromatic nitrogens is 1. The van der Waals surface area contributed by atoms with E-state index in [2.05, 4.69) is 47.1 Å². The predicted molar refractivity (Wildman–Crippen MR) is 103 cm³/mol. The van der Waals surface area contributed by atoms with Crippen molar-refractivity contribution in [2.24, 2.45) is 4.99 Å². The fourth-order valence-corrected chi connectivity index (χ4v) is 4.59. The van der Waals surface area contributed by atoms with Crippen molar-refractivity contribution >= 4 is 16.9 Å². The van der Waals surface area contributed by atoms with E-state index >= 15 is 0 Å². The summed E-state index contributed by atoms with van der Waals surface area (Å²) in [7, 11) is 0. The van der Waals surface area contributed by atoms with E-state index in [9.17, 15) is 0 Å². The molecule has 2 aliphatic heterocycles. The molecule has 5 heteroatoms. The molecular formula is C20H23N3OS. The summed E-state index contributed by atoms with van der Waals surface area (Å²) in [4.78, 5) is 12.0. The fraction of sp³-hybridized carbons (Fsp3) is 0.400. The van der Waals surface area contributed by atoms with Crippen LogP contribution in [0.25, 0.3) is 0 Å². The average Bonchev–Trinajstić information content (AvgIpc) is 3.12. The summed E-state index contributed by atoms with van der Waals surface area (Å²) in [5.41, 5.74) is 2.30. The van der Waals surface area contributed by atoms with Crippen molar-refractivity contribution in [2.75, 3.05) is 6.54 Å². The summed E-state index contributed by atoms with van der Waals surface area (Å²) in [6.07, 6.45) is 2.04. The topological polar surface area (TPSA) is 37.7 Å². The molecule has 0 spiro atoms. The fourth-order valence-electron chi connectivity index (χ4n) is 3.49. The van der Waals surface area contributed by atoms with Crippen LogP contribution in [0.15, 0.2) is 53.7 Å². The van der Waals surface area contributed by atoms with Gasteiger partial charge in [0.25, 0.3) is 0 Å². The van der Waals surface area contributed by atoms with Crippen LogP contribution in [0, 0.1) is 0 Å². The summed E-state index contributed by atoms with van der Waals surface area (Å²) in [6, 6.07) is 14.8. The molecule has 0 radical (unpaired) electrons. The van der Waals surface area contributed by atoms with Crippen molar-refractivity contribution in [3.8, 4) is 5.75 Å². The van der Waals surface area contributed by atoms with Gasteiger partial charge in [0.15, 0.2) is 5.17 Å². The van der Waals surface area contributed by atoms with Gasteiger partial charge in [0.2, 0.25) is 0 Å². The third-order valence-corrected chi connectivity index (χ3v) is 5.58. The van der Waals surface area contributed by atoms with Gasteiger partial charge >= 0.3 is 0 Å². The molecule has 0 N–H and O–H groups in total. The highest BCUT2D eigenvalue weighted by atomic mass is 32.2. The van der Waals surface area contributed by atoms with Crippen LogP contribution in [0.3, 0.4) is 0 Å². The minimum Gasteiger partial charge on any atom is -0.491 e. The molecule has 1 saturated heterocycles. The number of rotatable bonds is 4. The van der Waals surface area contributed by atoms with Crippen molar-refractivity contribution in [3.63, 3.8) is 0 Å². The van der Waals surface area contributed by atoms with E-state index in [1.165, 1.54) is 5.56 Å². The van der Waals surface area contributed by atoms with Crippen LogP contribution in [0.1, 0.15) is 44.1 Å². The van der Waals surface area contributed by atoms with Gasteiger partial charge < -0.3 is 9.64 Å². The third kappa shape index (κ3) is 3.25. The minimum atomic E-state index is 0.0491. The van der Waals surface area contributed by atoms with Gasteiger partial charge in [-0.15, -0.1) is 0 Å². The van der Waals surface area contributed by atoms with Gasteiger partial charge in [-0.25, -0.2) is 0 Å². The Bertz CT molecular complexity index is 760. The number of ether oxygens (including phenoxy) is 1. The number of pyridine rings is 1. The van der Waals surface area contributed by atoms with Crippen molar-refractivity contribution < 1.29 is 4.74 Å². The molecule has 0 unspecified atom stereocenters. The molecular weight excluding hydrogens is 330 g/mol.